The molecule has 0 fully saturated rings. The van der Waals surface area contributed by atoms with Crippen molar-refractivity contribution in [3.63, 3.8) is 0 Å². The predicted molar refractivity (Wildman–Crippen MR) is 80.5 cm³/mol. The van der Waals surface area contributed by atoms with Gasteiger partial charge in [0.1, 0.15) is 5.76 Å². The van der Waals surface area contributed by atoms with E-state index in [2.05, 4.69) is 5.32 Å². The van der Waals surface area contributed by atoms with Crippen molar-refractivity contribution in [2.24, 2.45) is 0 Å². The molecular weight excluding hydrogens is 268 g/mol. The lowest BCUT2D eigenvalue weighted by molar-refractivity contribution is 0.512. The normalized spacial score (nSPS) is 12.9. The van der Waals surface area contributed by atoms with E-state index in [0.29, 0.717) is 12.1 Å². The summed E-state index contributed by atoms with van der Waals surface area (Å²) in [6.07, 6.45) is 1.74. The third-order valence-electron chi connectivity index (χ3n) is 3.71. The summed E-state index contributed by atoms with van der Waals surface area (Å²) >= 11 is 0. The van der Waals surface area contributed by atoms with Gasteiger partial charge in [-0.1, -0.05) is 6.07 Å². The summed E-state index contributed by atoms with van der Waals surface area (Å²) in [5.74, 6) is 0.555. The quantitative estimate of drug-likeness (QED) is 0.801. The van der Waals surface area contributed by atoms with Crippen LogP contribution in [0.1, 0.15) is 29.9 Å². The van der Waals surface area contributed by atoms with Crippen LogP contribution >= 0.6 is 0 Å². The number of hydrogen-bond acceptors (Lipinski definition) is 4. The van der Waals surface area contributed by atoms with E-state index in [1.54, 1.807) is 10.8 Å². The highest BCUT2D eigenvalue weighted by Crippen LogP contribution is 2.26. The third-order valence-corrected chi connectivity index (χ3v) is 3.71. The lowest BCUT2D eigenvalue weighted by Crippen LogP contribution is -2.17. The fraction of sp³-hybridized carbons (Fsp3) is 0.312. The van der Waals surface area contributed by atoms with Gasteiger partial charge in [0.2, 0.25) is 0 Å². The van der Waals surface area contributed by atoms with E-state index in [4.69, 9.17) is 8.83 Å². The van der Waals surface area contributed by atoms with E-state index >= 15 is 0 Å². The van der Waals surface area contributed by atoms with Gasteiger partial charge in [-0.3, -0.25) is 4.57 Å². The standard InChI is InChI=1S/C16H18N2O3/c1-4-18-13-6-5-11(8-14(13)21-16(18)19)15(17-3)12-7-10(2)20-9-12/h5-9,15,17H,4H2,1-3H3. The van der Waals surface area contributed by atoms with Crippen LogP contribution in [-0.2, 0) is 6.54 Å². The molecule has 2 heterocycles. The Morgan fingerprint density at radius 2 is 2.10 bits per heavy atom. The zero-order valence-corrected chi connectivity index (χ0v) is 12.3. The van der Waals surface area contributed by atoms with Gasteiger partial charge < -0.3 is 14.2 Å². The van der Waals surface area contributed by atoms with Crippen LogP contribution in [0.15, 0.2) is 44.2 Å². The Morgan fingerprint density at radius 1 is 1.29 bits per heavy atom. The Morgan fingerprint density at radius 3 is 2.71 bits per heavy atom. The van der Waals surface area contributed by atoms with Gasteiger partial charge in [0.05, 0.1) is 17.8 Å². The Balaban J connectivity index is 2.09. The first-order valence-corrected chi connectivity index (χ1v) is 6.99. The van der Waals surface area contributed by atoms with Crippen LogP contribution in [-0.4, -0.2) is 11.6 Å². The van der Waals surface area contributed by atoms with Crippen molar-refractivity contribution in [2.45, 2.75) is 26.4 Å². The molecule has 3 aromatic rings. The maximum Gasteiger partial charge on any atom is 0.419 e. The lowest BCUT2D eigenvalue weighted by Gasteiger charge is -2.14. The second-order valence-electron chi connectivity index (χ2n) is 5.05. The van der Waals surface area contributed by atoms with Gasteiger partial charge in [-0.25, -0.2) is 4.79 Å². The van der Waals surface area contributed by atoms with E-state index in [0.717, 1.165) is 22.4 Å². The van der Waals surface area contributed by atoms with Crippen molar-refractivity contribution < 1.29 is 8.83 Å². The number of hydrogen-bond donors (Lipinski definition) is 1. The Hall–Kier alpha value is -2.27. The number of benzene rings is 1. The van der Waals surface area contributed by atoms with Gasteiger partial charge in [0.25, 0.3) is 0 Å². The molecule has 1 N–H and O–H groups in total. The predicted octanol–water partition coefficient (Wildman–Crippen LogP) is 2.82. The number of aryl methyl sites for hydroxylation is 2. The number of nitrogens with one attached hydrogen (secondary N) is 1. The Kier molecular flexibility index (Phi) is 3.43. The molecule has 0 saturated heterocycles. The number of rotatable bonds is 4. The average Bonchev–Trinajstić information content (AvgIpc) is 3.02. The summed E-state index contributed by atoms with van der Waals surface area (Å²) in [4.78, 5) is 11.8. The molecule has 1 aromatic carbocycles. The van der Waals surface area contributed by atoms with Gasteiger partial charge in [-0.05, 0) is 44.7 Å². The molecule has 110 valence electrons. The monoisotopic (exact) mass is 286 g/mol. The number of aromatic nitrogens is 1. The van der Waals surface area contributed by atoms with E-state index in [1.807, 2.05) is 45.2 Å². The van der Waals surface area contributed by atoms with Crippen molar-refractivity contribution in [3.05, 3.63) is 58.0 Å². The molecule has 0 aliphatic rings. The Bertz CT molecular complexity index is 826. The second-order valence-corrected chi connectivity index (χ2v) is 5.05. The summed E-state index contributed by atoms with van der Waals surface area (Å²) < 4.78 is 12.3. The highest BCUT2D eigenvalue weighted by molar-refractivity contribution is 5.74. The second kappa shape index (κ2) is 5.26. The molecule has 0 spiro atoms. The van der Waals surface area contributed by atoms with E-state index < -0.39 is 0 Å². The van der Waals surface area contributed by atoms with Gasteiger partial charge in [0, 0.05) is 12.1 Å². The highest BCUT2D eigenvalue weighted by atomic mass is 16.4. The summed E-state index contributed by atoms with van der Waals surface area (Å²) in [6, 6.07) is 7.84. The molecule has 0 aliphatic carbocycles. The molecule has 0 saturated carbocycles. The lowest BCUT2D eigenvalue weighted by atomic mass is 10.0. The van der Waals surface area contributed by atoms with Crippen LogP contribution in [0.2, 0.25) is 0 Å². The zero-order chi connectivity index (χ0) is 15.0. The summed E-state index contributed by atoms with van der Waals surface area (Å²) in [5, 5.41) is 3.26. The van der Waals surface area contributed by atoms with E-state index in [1.165, 1.54) is 0 Å². The first-order chi connectivity index (χ1) is 10.1. The first-order valence-electron chi connectivity index (χ1n) is 6.99. The van der Waals surface area contributed by atoms with Crippen LogP contribution in [0.4, 0.5) is 0 Å². The molecule has 5 nitrogen and oxygen atoms in total. The molecule has 5 heteroatoms. The SMILES string of the molecule is CCn1c(=O)oc2cc(C(NC)c3coc(C)c3)ccc21. The maximum absolute atomic E-state index is 11.8. The average molecular weight is 286 g/mol. The van der Waals surface area contributed by atoms with Crippen molar-refractivity contribution in [1.29, 1.82) is 0 Å². The van der Waals surface area contributed by atoms with Gasteiger partial charge in [-0.15, -0.1) is 0 Å². The zero-order valence-electron chi connectivity index (χ0n) is 12.3. The topological polar surface area (TPSA) is 60.3 Å². The maximum atomic E-state index is 11.8. The molecule has 0 bridgehead atoms. The molecule has 3 rings (SSSR count). The summed E-state index contributed by atoms with van der Waals surface area (Å²) in [5.41, 5.74) is 3.51. The molecular formula is C16H18N2O3. The van der Waals surface area contributed by atoms with Crippen molar-refractivity contribution in [1.82, 2.24) is 9.88 Å². The molecule has 1 atom stereocenters. The number of nitrogens with zero attached hydrogens (tertiary/aromatic N) is 1. The van der Waals surface area contributed by atoms with Crippen molar-refractivity contribution >= 4 is 11.1 Å². The minimum absolute atomic E-state index is 0.00197. The minimum Gasteiger partial charge on any atom is -0.469 e. The van der Waals surface area contributed by atoms with Crippen LogP contribution < -0.4 is 11.1 Å². The fourth-order valence-corrected chi connectivity index (χ4v) is 2.70. The van der Waals surface area contributed by atoms with E-state index in [-0.39, 0.29) is 11.8 Å². The van der Waals surface area contributed by atoms with Crippen molar-refractivity contribution in [2.75, 3.05) is 7.05 Å². The fourth-order valence-electron chi connectivity index (χ4n) is 2.70. The molecule has 21 heavy (non-hydrogen) atoms. The highest BCUT2D eigenvalue weighted by Gasteiger charge is 2.16. The number of oxazole rings is 1. The van der Waals surface area contributed by atoms with Crippen LogP contribution in [0.5, 0.6) is 0 Å². The molecule has 0 amide bonds. The molecule has 2 aromatic heterocycles. The minimum atomic E-state index is -0.315. The largest absolute Gasteiger partial charge is 0.469 e. The molecule has 0 aliphatic heterocycles. The molecule has 1 unspecified atom stereocenters. The van der Waals surface area contributed by atoms with Gasteiger partial charge in [-0.2, -0.15) is 0 Å². The molecule has 0 radical (unpaired) electrons. The van der Waals surface area contributed by atoms with Gasteiger partial charge in [0.15, 0.2) is 5.58 Å². The van der Waals surface area contributed by atoms with E-state index in [9.17, 15) is 4.79 Å². The van der Waals surface area contributed by atoms with Crippen LogP contribution in [0.3, 0.4) is 0 Å². The third kappa shape index (κ3) is 2.29. The van der Waals surface area contributed by atoms with Crippen molar-refractivity contribution in [3.8, 4) is 0 Å². The van der Waals surface area contributed by atoms with Gasteiger partial charge >= 0.3 is 5.76 Å². The van der Waals surface area contributed by atoms with Crippen LogP contribution in [0, 0.1) is 6.92 Å². The first kappa shape index (κ1) is 13.7. The smallest absolute Gasteiger partial charge is 0.419 e. The Labute approximate surface area is 122 Å². The van der Waals surface area contributed by atoms with Crippen LogP contribution in [0.25, 0.3) is 11.1 Å². The summed E-state index contributed by atoms with van der Waals surface area (Å²) in [6.45, 7) is 4.44. The number of fused-ring (bicyclic) bond motifs is 1. The summed E-state index contributed by atoms with van der Waals surface area (Å²) in [7, 11) is 1.89. The number of furan rings is 1.